The van der Waals surface area contributed by atoms with Crippen molar-refractivity contribution in [3.63, 3.8) is 0 Å². The molecule has 2 saturated heterocycles. The zero-order chi connectivity index (χ0) is 24.9. The Hall–Kier alpha value is -3.03. The van der Waals surface area contributed by atoms with Crippen molar-refractivity contribution < 1.29 is 32.3 Å². The van der Waals surface area contributed by atoms with Gasteiger partial charge in [0.15, 0.2) is 0 Å². The zero-order valence-electron chi connectivity index (χ0n) is 19.2. The molecule has 0 aliphatic carbocycles. The summed E-state index contributed by atoms with van der Waals surface area (Å²) >= 11 is 0. The standard InChI is InChI=1S/C21H29N5O7S/c1-3-25(4-2)34(31,32)16-7-5-15(6-8-16)22-18(27)14-26-20(29)17(23-21(26)30)13-19(28)24-9-11-33-12-10-24/h5-8,17H,3-4,9-14H2,1-2H3,(H,22,27)(H,23,30). The van der Waals surface area contributed by atoms with Gasteiger partial charge in [0, 0.05) is 31.9 Å². The number of urea groups is 1. The number of morpholine rings is 1. The van der Waals surface area contributed by atoms with Crippen molar-refractivity contribution >= 4 is 39.5 Å². The number of sulfonamides is 1. The maximum absolute atomic E-state index is 12.6. The number of benzene rings is 1. The van der Waals surface area contributed by atoms with Gasteiger partial charge in [0.2, 0.25) is 21.8 Å². The monoisotopic (exact) mass is 495 g/mol. The molecule has 1 aromatic carbocycles. The molecule has 13 heteroatoms. The van der Waals surface area contributed by atoms with E-state index in [4.69, 9.17) is 4.74 Å². The zero-order valence-corrected chi connectivity index (χ0v) is 20.0. The van der Waals surface area contributed by atoms with Crippen LogP contribution in [0.15, 0.2) is 29.2 Å². The van der Waals surface area contributed by atoms with Crippen LogP contribution in [0.1, 0.15) is 20.3 Å². The minimum absolute atomic E-state index is 0.0936. The van der Waals surface area contributed by atoms with Gasteiger partial charge in [-0.3, -0.25) is 19.3 Å². The first kappa shape index (κ1) is 25.6. The molecule has 1 atom stereocenters. The van der Waals surface area contributed by atoms with Gasteiger partial charge in [-0.05, 0) is 24.3 Å². The quantitative estimate of drug-likeness (QED) is 0.452. The number of nitrogens with one attached hydrogen (secondary N) is 2. The molecule has 1 aromatic rings. The molecule has 0 saturated carbocycles. The van der Waals surface area contributed by atoms with Gasteiger partial charge in [-0.25, -0.2) is 13.2 Å². The smallest absolute Gasteiger partial charge is 0.325 e. The number of carbonyl (C=O) groups is 4. The molecule has 1 unspecified atom stereocenters. The summed E-state index contributed by atoms with van der Waals surface area (Å²) in [7, 11) is -3.63. The predicted octanol–water partition coefficient (Wildman–Crippen LogP) is -0.175. The summed E-state index contributed by atoms with van der Waals surface area (Å²) in [6.07, 6.45) is -0.189. The van der Waals surface area contributed by atoms with E-state index in [1.54, 1.807) is 18.7 Å². The van der Waals surface area contributed by atoms with Crippen LogP contribution >= 0.6 is 0 Å². The molecular formula is C21H29N5O7S. The second-order valence-corrected chi connectivity index (χ2v) is 9.72. The molecule has 2 aliphatic rings. The number of rotatable bonds is 9. The summed E-state index contributed by atoms with van der Waals surface area (Å²) in [5.41, 5.74) is 0.314. The number of hydrogen-bond acceptors (Lipinski definition) is 7. The van der Waals surface area contributed by atoms with Crippen LogP contribution in [0, 0.1) is 0 Å². The first-order valence-electron chi connectivity index (χ1n) is 11.0. The third-order valence-corrected chi connectivity index (χ3v) is 7.70. The van der Waals surface area contributed by atoms with Gasteiger partial charge in [0.25, 0.3) is 5.91 Å². The van der Waals surface area contributed by atoms with Crippen molar-refractivity contribution in [3.8, 4) is 0 Å². The number of carbonyl (C=O) groups excluding carboxylic acids is 4. The number of imide groups is 1. The summed E-state index contributed by atoms with van der Waals surface area (Å²) in [6.45, 7) is 5.32. The fourth-order valence-electron chi connectivity index (χ4n) is 3.75. The lowest BCUT2D eigenvalue weighted by molar-refractivity contribution is -0.138. The van der Waals surface area contributed by atoms with E-state index in [1.807, 2.05) is 0 Å². The van der Waals surface area contributed by atoms with Crippen molar-refractivity contribution in [3.05, 3.63) is 24.3 Å². The highest BCUT2D eigenvalue weighted by atomic mass is 32.2. The van der Waals surface area contributed by atoms with Crippen molar-refractivity contribution in [1.82, 2.24) is 19.4 Å². The molecule has 5 amide bonds. The first-order chi connectivity index (χ1) is 16.2. The molecule has 0 bridgehead atoms. The SMILES string of the molecule is CCN(CC)S(=O)(=O)c1ccc(NC(=O)CN2C(=O)NC(CC(=O)N3CCOCC3)C2=O)cc1. The summed E-state index contributed by atoms with van der Waals surface area (Å²) < 4.78 is 31.6. The molecule has 0 radical (unpaired) electrons. The summed E-state index contributed by atoms with van der Waals surface area (Å²) in [5.74, 6) is -1.56. The lowest BCUT2D eigenvalue weighted by atomic mass is 10.2. The van der Waals surface area contributed by atoms with E-state index < -0.39 is 40.5 Å². The maximum Gasteiger partial charge on any atom is 0.325 e. The first-order valence-corrected chi connectivity index (χ1v) is 12.5. The minimum atomic E-state index is -3.63. The Morgan fingerprint density at radius 3 is 2.32 bits per heavy atom. The van der Waals surface area contributed by atoms with Crippen molar-refractivity contribution in [2.75, 3.05) is 51.3 Å². The number of amides is 5. The van der Waals surface area contributed by atoms with Gasteiger partial charge in [0.1, 0.15) is 12.6 Å². The summed E-state index contributed by atoms with van der Waals surface area (Å²) in [6, 6.07) is 3.85. The molecule has 12 nitrogen and oxygen atoms in total. The van der Waals surface area contributed by atoms with E-state index >= 15 is 0 Å². The second kappa shape index (κ2) is 10.9. The van der Waals surface area contributed by atoms with Gasteiger partial charge < -0.3 is 20.3 Å². The fraction of sp³-hybridized carbons (Fsp3) is 0.524. The van der Waals surface area contributed by atoms with Crippen LogP contribution in [0.4, 0.5) is 10.5 Å². The molecule has 186 valence electrons. The molecule has 2 fully saturated rings. The molecule has 34 heavy (non-hydrogen) atoms. The van der Waals surface area contributed by atoms with E-state index in [-0.39, 0.29) is 17.2 Å². The lowest BCUT2D eigenvalue weighted by Gasteiger charge is -2.27. The number of hydrogen-bond donors (Lipinski definition) is 2. The Balaban J connectivity index is 1.56. The maximum atomic E-state index is 12.6. The molecule has 2 aliphatic heterocycles. The second-order valence-electron chi connectivity index (χ2n) is 7.79. The number of nitrogens with zero attached hydrogens (tertiary/aromatic N) is 3. The van der Waals surface area contributed by atoms with Crippen LogP contribution in [-0.4, -0.2) is 98.3 Å². The highest BCUT2D eigenvalue weighted by Crippen LogP contribution is 2.19. The highest BCUT2D eigenvalue weighted by Gasteiger charge is 2.40. The van der Waals surface area contributed by atoms with Crippen molar-refractivity contribution in [2.45, 2.75) is 31.2 Å². The van der Waals surface area contributed by atoms with Gasteiger partial charge in [-0.2, -0.15) is 4.31 Å². The van der Waals surface area contributed by atoms with Crippen LogP contribution in [-0.2, 0) is 29.1 Å². The number of ether oxygens (including phenoxy) is 1. The van der Waals surface area contributed by atoms with Crippen molar-refractivity contribution in [1.29, 1.82) is 0 Å². The molecular weight excluding hydrogens is 466 g/mol. The van der Waals surface area contributed by atoms with Crippen LogP contribution < -0.4 is 10.6 Å². The molecule has 0 aromatic heterocycles. The third-order valence-electron chi connectivity index (χ3n) is 5.63. The van der Waals surface area contributed by atoms with E-state index in [0.29, 0.717) is 45.1 Å². The van der Waals surface area contributed by atoms with Crippen LogP contribution in [0.5, 0.6) is 0 Å². The van der Waals surface area contributed by atoms with Crippen LogP contribution in [0.25, 0.3) is 0 Å². The Bertz CT molecular complexity index is 1030. The lowest BCUT2D eigenvalue weighted by Crippen LogP contribution is -2.44. The highest BCUT2D eigenvalue weighted by molar-refractivity contribution is 7.89. The molecule has 2 N–H and O–H groups in total. The van der Waals surface area contributed by atoms with E-state index in [9.17, 15) is 27.6 Å². The average Bonchev–Trinajstić information content (AvgIpc) is 3.07. The minimum Gasteiger partial charge on any atom is -0.378 e. The van der Waals surface area contributed by atoms with Gasteiger partial charge in [0.05, 0.1) is 24.5 Å². The Kier molecular flexibility index (Phi) is 8.23. The van der Waals surface area contributed by atoms with Crippen LogP contribution in [0.2, 0.25) is 0 Å². The van der Waals surface area contributed by atoms with Gasteiger partial charge in [-0.1, -0.05) is 13.8 Å². The molecule has 0 spiro atoms. The van der Waals surface area contributed by atoms with Crippen LogP contribution in [0.3, 0.4) is 0 Å². The predicted molar refractivity (Wildman–Crippen MR) is 121 cm³/mol. The Morgan fingerprint density at radius 2 is 1.74 bits per heavy atom. The van der Waals surface area contributed by atoms with E-state index in [0.717, 1.165) is 4.90 Å². The largest absolute Gasteiger partial charge is 0.378 e. The fourth-order valence-corrected chi connectivity index (χ4v) is 5.21. The van der Waals surface area contributed by atoms with Crippen molar-refractivity contribution in [2.24, 2.45) is 0 Å². The Morgan fingerprint density at radius 1 is 1.12 bits per heavy atom. The Labute approximate surface area is 198 Å². The number of anilines is 1. The topological polar surface area (TPSA) is 145 Å². The molecule has 3 rings (SSSR count). The molecule has 2 heterocycles. The van der Waals surface area contributed by atoms with Gasteiger partial charge >= 0.3 is 6.03 Å². The average molecular weight is 496 g/mol. The summed E-state index contributed by atoms with van der Waals surface area (Å²) in [4.78, 5) is 52.0. The van der Waals surface area contributed by atoms with E-state index in [2.05, 4.69) is 10.6 Å². The normalized spacial score (nSPS) is 18.9. The summed E-state index contributed by atoms with van der Waals surface area (Å²) in [5, 5.41) is 4.99. The van der Waals surface area contributed by atoms with Gasteiger partial charge in [-0.15, -0.1) is 0 Å². The third kappa shape index (κ3) is 5.72. The van der Waals surface area contributed by atoms with E-state index in [1.165, 1.54) is 28.6 Å².